The molecule has 1 aromatic rings. The molecular weight excluding hydrogens is 1280 g/mol. The fourth-order valence-corrected chi connectivity index (χ4v) is 10.2. The molecule has 28 nitrogen and oxygen atoms in total. The number of hydrogen-bond donors (Lipinski definition) is 8. The van der Waals surface area contributed by atoms with Gasteiger partial charge in [0.05, 0.1) is 70.2 Å². The summed E-state index contributed by atoms with van der Waals surface area (Å²) in [6, 6.07) is 3.18. The molecule has 0 spiro atoms. The zero-order valence-corrected chi connectivity index (χ0v) is 58.3. The second-order valence-corrected chi connectivity index (χ2v) is 24.4. The minimum absolute atomic E-state index is 0.00671. The Morgan fingerprint density at radius 2 is 1.27 bits per heavy atom. The molecule has 0 aromatic heterocycles. The number of benzene rings is 1. The summed E-state index contributed by atoms with van der Waals surface area (Å²) in [6.07, 6.45) is 4.53. The zero-order valence-electron chi connectivity index (χ0n) is 56.6. The first kappa shape index (κ1) is 86.9. The van der Waals surface area contributed by atoms with E-state index in [1.807, 2.05) is 20.8 Å². The molecule has 0 unspecified atom stereocenters. The lowest BCUT2D eigenvalue weighted by Gasteiger charge is -2.27. The van der Waals surface area contributed by atoms with Crippen LogP contribution < -0.4 is 38.1 Å². The first-order valence-electron chi connectivity index (χ1n) is 32.4. The summed E-state index contributed by atoms with van der Waals surface area (Å²) in [7, 11) is 1.44. The monoisotopic (exact) mass is 1380 g/mol. The van der Waals surface area contributed by atoms with Crippen LogP contribution in [0.15, 0.2) is 24.3 Å². The van der Waals surface area contributed by atoms with Crippen molar-refractivity contribution in [1.29, 1.82) is 0 Å². The number of thioether (sulfide) groups is 1. The van der Waals surface area contributed by atoms with E-state index in [4.69, 9.17) is 39.9 Å². The third-order valence-electron chi connectivity index (χ3n) is 14.4. The molecule has 1 fully saturated rings. The van der Waals surface area contributed by atoms with Crippen molar-refractivity contribution >= 4 is 100 Å². The molecule has 0 saturated carbocycles. The van der Waals surface area contributed by atoms with Gasteiger partial charge >= 0.3 is 0 Å². The van der Waals surface area contributed by atoms with Crippen LogP contribution in [0.3, 0.4) is 0 Å². The van der Waals surface area contributed by atoms with Gasteiger partial charge in [0.25, 0.3) is 0 Å². The van der Waals surface area contributed by atoms with E-state index in [1.165, 1.54) is 30.7 Å². The third-order valence-corrected chi connectivity index (χ3v) is 15.5. The Morgan fingerprint density at radius 1 is 0.653 bits per heavy atom. The number of likely N-dealkylation sites (tertiary alicyclic amines) is 1. The fraction of sp³-hybridized carbons (Fsp3) is 0.708. The highest BCUT2D eigenvalue weighted by atomic mass is 32.2. The van der Waals surface area contributed by atoms with Gasteiger partial charge in [-0.05, 0) is 69.6 Å². The van der Waals surface area contributed by atoms with Crippen LogP contribution in [0.2, 0.25) is 0 Å². The number of primary amides is 1. The van der Waals surface area contributed by atoms with Crippen molar-refractivity contribution in [2.45, 2.75) is 142 Å². The summed E-state index contributed by atoms with van der Waals surface area (Å²) < 4.78 is 36.6. The van der Waals surface area contributed by atoms with Gasteiger partial charge in [0.15, 0.2) is 34.7 Å². The standard InChI is InChI=1S/C52H82N6O14S.C13H24N2O6S/c1-7-22-69-23-9-11-40(60)31-54-51(67)36(4)29-47(63)43(34-73-6)56-48(64)19-18-46(62)41(28-35(2)3)57-52(68)44-12-8-21-58(44)50(66)33-71-24-10-13-45(61)42(30-38-14-16-39(17-15-38)37(5)59)55-49(65)32-72-27-26-70-25-20-53;1-19-8-12(17)15-2-3-20-4-5-21-7-11(16)6-10(9-22)13(14)18/h14-17,35-36,41-44H,7-13,18-34,53H2,1-6H3,(H,54,67)(H,55,65)(H,56,64)(H,57,68);10,22H,2-9H2,1H3,(H2,14,18)(H,15,17)/t36-,41+,42+,43+,44+;10-/m11/s1. The van der Waals surface area contributed by atoms with Gasteiger partial charge in [0, 0.05) is 108 Å². The van der Waals surface area contributed by atoms with E-state index in [0.29, 0.717) is 77.5 Å². The van der Waals surface area contributed by atoms with Crippen LogP contribution >= 0.6 is 24.4 Å². The predicted octanol–water partition coefficient (Wildman–Crippen LogP) is 1.25. The molecule has 1 heterocycles. The fourth-order valence-electron chi connectivity index (χ4n) is 9.28. The summed E-state index contributed by atoms with van der Waals surface area (Å²) in [5.74, 6) is -5.46. The number of ether oxygens (including phenoxy) is 7. The number of methoxy groups -OCH3 is 1. The van der Waals surface area contributed by atoms with Crippen LogP contribution in [-0.2, 0) is 97.1 Å². The zero-order chi connectivity index (χ0) is 70.9. The highest BCUT2D eigenvalue weighted by molar-refractivity contribution is 7.98. The molecule has 2 rings (SSSR count). The van der Waals surface area contributed by atoms with Crippen LogP contribution in [0.1, 0.15) is 128 Å². The average Bonchev–Trinajstić information content (AvgIpc) is 1.78. The molecule has 6 atom stereocenters. The number of amides is 7. The molecule has 0 radical (unpaired) electrons. The van der Waals surface area contributed by atoms with E-state index in [0.717, 1.165) is 12.0 Å². The second-order valence-electron chi connectivity index (χ2n) is 23.1. The Balaban J connectivity index is 0.00000173. The summed E-state index contributed by atoms with van der Waals surface area (Å²) in [6.45, 7) is 11.8. The van der Waals surface area contributed by atoms with E-state index in [1.54, 1.807) is 37.4 Å². The summed E-state index contributed by atoms with van der Waals surface area (Å²) in [4.78, 5) is 165. The Morgan fingerprint density at radius 3 is 1.91 bits per heavy atom. The van der Waals surface area contributed by atoms with E-state index in [2.05, 4.69) is 43.9 Å². The molecule has 9 N–H and O–H groups in total. The molecule has 1 aliphatic rings. The van der Waals surface area contributed by atoms with Crippen molar-refractivity contribution in [3.05, 3.63) is 35.4 Å². The molecule has 7 amide bonds. The van der Waals surface area contributed by atoms with Gasteiger partial charge < -0.3 is 76.1 Å². The van der Waals surface area contributed by atoms with Crippen molar-refractivity contribution in [2.75, 3.05) is 137 Å². The SMILES string of the molecule is CCCOCCCC(=O)CNC(=O)[C@H](C)CC(=O)[C@H](CSC)NC(=O)CCC(=O)[C@H](CC(C)C)NC(=O)[C@@H]1CCCN1C(=O)COCCCC(=O)[C@H](Cc1ccc(C(C)=O)cc1)NC(=O)COCCOCCN.COCC(=O)NCCOCCOCC(=O)C[C@H](CS)C(N)=O. The lowest BCUT2D eigenvalue weighted by atomic mass is 9.96. The van der Waals surface area contributed by atoms with E-state index in [9.17, 15) is 62.3 Å². The Kier molecular flexibility index (Phi) is 48.5. The minimum Gasteiger partial charge on any atom is -0.381 e. The van der Waals surface area contributed by atoms with E-state index >= 15 is 0 Å². The van der Waals surface area contributed by atoms with Gasteiger partial charge in [0.2, 0.25) is 41.4 Å². The number of carbonyl (C=O) groups is 13. The molecular formula is C65H106N8O20S2. The van der Waals surface area contributed by atoms with Crippen LogP contribution in [0.5, 0.6) is 0 Å². The van der Waals surface area contributed by atoms with Gasteiger partial charge in [-0.3, -0.25) is 62.3 Å². The largest absolute Gasteiger partial charge is 0.381 e. The van der Waals surface area contributed by atoms with Crippen LogP contribution in [0, 0.1) is 17.8 Å². The van der Waals surface area contributed by atoms with Gasteiger partial charge in [-0.25, -0.2) is 0 Å². The average molecular weight is 1380 g/mol. The summed E-state index contributed by atoms with van der Waals surface area (Å²) in [5.41, 5.74) is 11.8. The molecule has 1 aliphatic heterocycles. The van der Waals surface area contributed by atoms with Crippen molar-refractivity contribution in [3.8, 4) is 0 Å². The number of nitrogens with two attached hydrogens (primary N) is 2. The second kappa shape index (κ2) is 53.0. The molecule has 1 saturated heterocycles. The highest BCUT2D eigenvalue weighted by Gasteiger charge is 2.36. The normalized spacial score (nSPS) is 14.3. The lowest BCUT2D eigenvalue weighted by Crippen LogP contribution is -2.52. The van der Waals surface area contributed by atoms with Gasteiger partial charge in [-0.2, -0.15) is 24.4 Å². The summed E-state index contributed by atoms with van der Waals surface area (Å²) >= 11 is 5.30. The maximum Gasteiger partial charge on any atom is 0.249 e. The van der Waals surface area contributed by atoms with Gasteiger partial charge in [-0.15, -0.1) is 0 Å². The minimum atomic E-state index is -0.932. The first-order chi connectivity index (χ1) is 45.4. The van der Waals surface area contributed by atoms with E-state index in [-0.39, 0.29) is 175 Å². The topological polar surface area (TPSA) is 402 Å². The Hall–Kier alpha value is -6.09. The maximum absolute atomic E-state index is 13.7. The number of hydrogen-bond acceptors (Lipinski definition) is 23. The number of thiol groups is 1. The Bertz CT molecular complexity index is 2530. The first-order valence-corrected chi connectivity index (χ1v) is 34.4. The highest BCUT2D eigenvalue weighted by Crippen LogP contribution is 2.20. The number of nitrogens with zero attached hydrogens (tertiary/aromatic N) is 1. The molecule has 95 heavy (non-hydrogen) atoms. The number of carbonyl (C=O) groups excluding carboxylic acids is 13. The van der Waals surface area contributed by atoms with Crippen LogP contribution in [0.25, 0.3) is 0 Å². The quantitative estimate of drug-likeness (QED) is 0.0258. The molecule has 538 valence electrons. The van der Waals surface area contributed by atoms with Gasteiger partial charge in [0.1, 0.15) is 32.5 Å². The van der Waals surface area contributed by atoms with Crippen molar-refractivity contribution < 1.29 is 95.5 Å². The molecule has 0 bridgehead atoms. The number of rotatable bonds is 55. The maximum atomic E-state index is 13.7. The molecule has 1 aromatic carbocycles. The van der Waals surface area contributed by atoms with Crippen LogP contribution in [-0.4, -0.2) is 242 Å². The van der Waals surface area contributed by atoms with Crippen molar-refractivity contribution in [2.24, 2.45) is 29.2 Å². The third kappa shape index (κ3) is 40.9. The van der Waals surface area contributed by atoms with Gasteiger partial charge in [-0.1, -0.05) is 52.0 Å². The lowest BCUT2D eigenvalue weighted by molar-refractivity contribution is -0.142. The predicted molar refractivity (Wildman–Crippen MR) is 358 cm³/mol. The Labute approximate surface area is 568 Å². The number of Topliss-reactive ketones (excluding diaryl/α,β-unsaturated/α-hetero) is 6. The smallest absolute Gasteiger partial charge is 0.249 e. The number of nitrogens with one attached hydrogen (secondary N) is 5. The van der Waals surface area contributed by atoms with Crippen molar-refractivity contribution in [3.63, 3.8) is 0 Å². The summed E-state index contributed by atoms with van der Waals surface area (Å²) in [5, 5.41) is 13.5. The molecule has 30 heteroatoms. The van der Waals surface area contributed by atoms with Crippen molar-refractivity contribution in [1.82, 2.24) is 31.5 Å². The number of ketones is 6. The molecule has 0 aliphatic carbocycles. The van der Waals surface area contributed by atoms with Crippen LogP contribution in [0.4, 0.5) is 0 Å². The van der Waals surface area contributed by atoms with E-state index < -0.39 is 71.4 Å².